The Labute approximate surface area is 130 Å². The van der Waals surface area contributed by atoms with Gasteiger partial charge in [-0.05, 0) is 40.9 Å². The Balaban J connectivity index is 1.98. The molecule has 7 heteroatoms. The number of likely N-dealkylation sites (N-methyl/N-ethyl adjacent to an activating group) is 1. The smallest absolute Gasteiger partial charge is 0.257 e. The van der Waals surface area contributed by atoms with E-state index in [4.69, 9.17) is 0 Å². The summed E-state index contributed by atoms with van der Waals surface area (Å²) >= 11 is 3.48. The van der Waals surface area contributed by atoms with Crippen LogP contribution in [0.4, 0.5) is 11.4 Å². The van der Waals surface area contributed by atoms with Gasteiger partial charge in [-0.25, -0.2) is 0 Å². The molecule has 0 bridgehead atoms. The van der Waals surface area contributed by atoms with Crippen molar-refractivity contribution in [2.75, 3.05) is 23.8 Å². The number of amides is 2. The average Bonchev–Trinajstić information content (AvgIpc) is 3.04. The minimum Gasteiger partial charge on any atom is -0.378 e. The second-order valence-electron chi connectivity index (χ2n) is 5.25. The summed E-state index contributed by atoms with van der Waals surface area (Å²) < 4.78 is 0.771. The van der Waals surface area contributed by atoms with Crippen LogP contribution in [0, 0.1) is 0 Å². The van der Waals surface area contributed by atoms with Crippen LogP contribution in [-0.2, 0) is 9.59 Å². The maximum atomic E-state index is 12.0. The van der Waals surface area contributed by atoms with Gasteiger partial charge in [-0.3, -0.25) is 9.59 Å². The van der Waals surface area contributed by atoms with Gasteiger partial charge in [0.1, 0.15) is 6.04 Å². The summed E-state index contributed by atoms with van der Waals surface area (Å²) in [5.74, 6) is -0.428. The summed E-state index contributed by atoms with van der Waals surface area (Å²) in [6.07, 6.45) is 0.619. The van der Waals surface area contributed by atoms with Crippen LogP contribution < -0.4 is 15.5 Å². The first-order valence-electron chi connectivity index (χ1n) is 6.83. The molecule has 112 valence electrons. The van der Waals surface area contributed by atoms with Crippen molar-refractivity contribution in [3.63, 3.8) is 0 Å². The van der Waals surface area contributed by atoms with Crippen molar-refractivity contribution >= 4 is 39.1 Å². The van der Waals surface area contributed by atoms with Crippen molar-refractivity contribution in [1.82, 2.24) is 5.32 Å². The number of hydrogen-bond donors (Lipinski definition) is 3. The number of aliphatic hydroxyl groups excluding tert-OH is 1. The number of fused-ring (bicyclic) bond motifs is 1. The van der Waals surface area contributed by atoms with Crippen LogP contribution >= 0.6 is 15.9 Å². The second kappa shape index (κ2) is 5.31. The van der Waals surface area contributed by atoms with E-state index in [-0.39, 0.29) is 11.9 Å². The van der Waals surface area contributed by atoms with Gasteiger partial charge in [0.15, 0.2) is 6.10 Å². The van der Waals surface area contributed by atoms with Gasteiger partial charge in [-0.1, -0.05) is 0 Å². The third-order valence-electron chi connectivity index (χ3n) is 4.03. The number of carbonyl (C=O) groups excluding carboxylic acids is 2. The fraction of sp³-hybridized carbons (Fsp3) is 0.429. The van der Waals surface area contributed by atoms with Gasteiger partial charge in [0.25, 0.3) is 5.91 Å². The fourth-order valence-electron chi connectivity index (χ4n) is 2.97. The van der Waals surface area contributed by atoms with Crippen molar-refractivity contribution in [3.8, 4) is 0 Å². The van der Waals surface area contributed by atoms with E-state index >= 15 is 0 Å². The van der Waals surface area contributed by atoms with Crippen LogP contribution in [0.3, 0.4) is 0 Å². The monoisotopic (exact) mass is 353 g/mol. The molecule has 1 fully saturated rings. The zero-order valence-corrected chi connectivity index (χ0v) is 13.1. The van der Waals surface area contributed by atoms with E-state index < -0.39 is 12.0 Å². The highest BCUT2D eigenvalue weighted by atomic mass is 79.9. The molecule has 0 saturated carbocycles. The minimum atomic E-state index is -1.13. The molecule has 0 spiro atoms. The van der Waals surface area contributed by atoms with Gasteiger partial charge in [-0.2, -0.15) is 0 Å². The molecule has 2 atom stereocenters. The quantitative estimate of drug-likeness (QED) is 0.744. The summed E-state index contributed by atoms with van der Waals surface area (Å²) in [6.45, 7) is 0.784. The van der Waals surface area contributed by atoms with Gasteiger partial charge in [0, 0.05) is 29.3 Å². The molecule has 0 radical (unpaired) electrons. The lowest BCUT2D eigenvalue weighted by Gasteiger charge is -2.27. The summed E-state index contributed by atoms with van der Waals surface area (Å²) in [5.41, 5.74) is 2.02. The van der Waals surface area contributed by atoms with Crippen molar-refractivity contribution in [3.05, 3.63) is 22.2 Å². The Morgan fingerprint density at radius 3 is 3.00 bits per heavy atom. The Bertz CT molecular complexity index is 620. The summed E-state index contributed by atoms with van der Waals surface area (Å²) in [4.78, 5) is 25.5. The van der Waals surface area contributed by atoms with E-state index in [0.717, 1.165) is 29.5 Å². The molecule has 1 aromatic carbocycles. The molecule has 2 aliphatic heterocycles. The van der Waals surface area contributed by atoms with Crippen molar-refractivity contribution < 1.29 is 14.7 Å². The highest BCUT2D eigenvalue weighted by Gasteiger charge is 2.34. The van der Waals surface area contributed by atoms with E-state index in [9.17, 15) is 14.7 Å². The number of carbonyl (C=O) groups is 2. The lowest BCUT2D eigenvalue weighted by molar-refractivity contribution is -0.123. The first kappa shape index (κ1) is 14.3. The van der Waals surface area contributed by atoms with Gasteiger partial charge >= 0.3 is 0 Å². The number of anilines is 2. The zero-order chi connectivity index (χ0) is 15.1. The fourth-order valence-corrected chi connectivity index (χ4v) is 3.56. The number of benzene rings is 1. The molecule has 0 aliphatic carbocycles. The van der Waals surface area contributed by atoms with Gasteiger partial charge in [0.05, 0.1) is 5.69 Å². The summed E-state index contributed by atoms with van der Waals surface area (Å²) in [6, 6.07) is 3.35. The number of hydrogen-bond acceptors (Lipinski definition) is 4. The predicted molar refractivity (Wildman–Crippen MR) is 82.2 cm³/mol. The van der Waals surface area contributed by atoms with Crippen molar-refractivity contribution in [2.45, 2.75) is 25.0 Å². The number of rotatable bonds is 2. The maximum Gasteiger partial charge on any atom is 0.257 e. The van der Waals surface area contributed by atoms with Crippen LogP contribution in [0.1, 0.15) is 24.5 Å². The molecule has 0 aromatic heterocycles. The third kappa shape index (κ3) is 2.30. The second-order valence-corrected chi connectivity index (χ2v) is 6.10. The Morgan fingerprint density at radius 2 is 2.29 bits per heavy atom. The third-order valence-corrected chi connectivity index (χ3v) is 4.67. The standard InChI is InChI=1S/C14H16BrN3O3/c1-16-13(20)10-3-2-4-18(10)11-6-9-7(5-8(11)15)12(19)14(21)17-9/h5-6,10,12,19H,2-4H2,1H3,(H,16,20)(H,17,21). The van der Waals surface area contributed by atoms with Gasteiger partial charge in [0.2, 0.25) is 5.91 Å². The van der Waals surface area contributed by atoms with Crippen molar-refractivity contribution in [2.24, 2.45) is 0 Å². The van der Waals surface area contributed by atoms with Crippen LogP contribution in [0.2, 0.25) is 0 Å². The number of halogens is 1. The largest absolute Gasteiger partial charge is 0.378 e. The molecule has 2 heterocycles. The predicted octanol–water partition coefficient (Wildman–Crippen LogP) is 1.15. The van der Waals surface area contributed by atoms with Crippen LogP contribution in [0.15, 0.2) is 16.6 Å². The summed E-state index contributed by atoms with van der Waals surface area (Å²) in [7, 11) is 1.63. The van der Waals surface area contributed by atoms with Crippen molar-refractivity contribution in [1.29, 1.82) is 0 Å². The Hall–Kier alpha value is -1.60. The first-order valence-corrected chi connectivity index (χ1v) is 7.63. The van der Waals surface area contributed by atoms with E-state index in [1.54, 1.807) is 13.1 Å². The molecule has 2 unspecified atom stereocenters. The highest BCUT2D eigenvalue weighted by molar-refractivity contribution is 9.10. The van der Waals surface area contributed by atoms with E-state index in [0.29, 0.717) is 11.3 Å². The first-order chi connectivity index (χ1) is 10.0. The molecule has 1 saturated heterocycles. The maximum absolute atomic E-state index is 12.0. The number of aliphatic hydroxyl groups is 1. The number of nitrogens with zero attached hydrogens (tertiary/aromatic N) is 1. The lowest BCUT2D eigenvalue weighted by atomic mass is 10.1. The molecule has 3 N–H and O–H groups in total. The van der Waals surface area contributed by atoms with E-state index in [1.807, 2.05) is 11.0 Å². The topological polar surface area (TPSA) is 81.7 Å². The molecule has 1 aromatic rings. The molecule has 2 amide bonds. The van der Waals surface area contributed by atoms with Gasteiger partial charge < -0.3 is 20.6 Å². The number of nitrogens with one attached hydrogen (secondary N) is 2. The Kier molecular flexibility index (Phi) is 3.62. The van der Waals surface area contributed by atoms with E-state index in [1.165, 1.54) is 0 Å². The molecule has 21 heavy (non-hydrogen) atoms. The lowest BCUT2D eigenvalue weighted by Crippen LogP contribution is -2.42. The normalized spacial score (nSPS) is 24.0. The molecule has 2 aliphatic rings. The summed E-state index contributed by atoms with van der Waals surface area (Å²) in [5, 5.41) is 15.1. The molecular formula is C14H16BrN3O3. The molecule has 6 nitrogen and oxygen atoms in total. The minimum absolute atomic E-state index is 0.0102. The van der Waals surface area contributed by atoms with Crippen LogP contribution in [0.25, 0.3) is 0 Å². The average molecular weight is 354 g/mol. The Morgan fingerprint density at radius 1 is 1.52 bits per heavy atom. The van der Waals surface area contributed by atoms with E-state index in [2.05, 4.69) is 26.6 Å². The SMILES string of the molecule is CNC(=O)C1CCCN1c1cc2c(cc1Br)C(O)C(=O)N2. The van der Waals surface area contributed by atoms with Crippen LogP contribution in [0.5, 0.6) is 0 Å². The van der Waals surface area contributed by atoms with Gasteiger partial charge in [-0.15, -0.1) is 0 Å². The van der Waals surface area contributed by atoms with Crippen LogP contribution in [-0.4, -0.2) is 36.6 Å². The zero-order valence-electron chi connectivity index (χ0n) is 11.5. The highest BCUT2D eigenvalue weighted by Crippen LogP contribution is 2.40. The molecule has 3 rings (SSSR count). The molecular weight excluding hydrogens is 338 g/mol.